The van der Waals surface area contributed by atoms with Gasteiger partial charge in [-0.15, -0.1) is 0 Å². The van der Waals surface area contributed by atoms with E-state index in [1.165, 1.54) is 6.20 Å². The molecule has 0 aliphatic heterocycles. The Kier molecular flexibility index (Phi) is 8.21. The van der Waals surface area contributed by atoms with Crippen molar-refractivity contribution in [1.82, 2.24) is 15.3 Å². The number of nitriles is 1. The number of hydrogen-bond acceptors (Lipinski definition) is 8. The van der Waals surface area contributed by atoms with E-state index >= 15 is 0 Å². The maximum atomic E-state index is 14.8. The molecule has 1 saturated carbocycles. The molecule has 2 atom stereocenters. The number of hydrogen-bond donors (Lipinski definition) is 4. The maximum absolute atomic E-state index is 14.8. The second-order valence-electron chi connectivity index (χ2n) is 7.65. The molecule has 2 heterocycles. The van der Waals surface area contributed by atoms with Gasteiger partial charge in [-0.05, 0) is 37.3 Å². The summed E-state index contributed by atoms with van der Waals surface area (Å²) in [6.07, 6.45) is 2.77. The zero-order valence-corrected chi connectivity index (χ0v) is 18.5. The van der Waals surface area contributed by atoms with Crippen LogP contribution in [0.4, 0.5) is 26.5 Å². The van der Waals surface area contributed by atoms with Crippen LogP contribution < -0.4 is 20.7 Å². The van der Waals surface area contributed by atoms with Gasteiger partial charge in [0.15, 0.2) is 17.5 Å². The molecule has 1 aliphatic rings. The fourth-order valence-electron chi connectivity index (χ4n) is 3.47. The summed E-state index contributed by atoms with van der Waals surface area (Å²) in [6, 6.07) is 5.61. The monoisotopic (exact) mass is 458 g/mol. The van der Waals surface area contributed by atoms with Crippen molar-refractivity contribution in [2.75, 3.05) is 31.0 Å². The lowest BCUT2D eigenvalue weighted by molar-refractivity contribution is 0.144. The number of amides is 1. The van der Waals surface area contributed by atoms with Crippen LogP contribution in [-0.4, -0.2) is 53.6 Å². The van der Waals surface area contributed by atoms with Gasteiger partial charge in [0.2, 0.25) is 5.88 Å². The smallest absolute Gasteiger partial charge is 0.404 e. The summed E-state index contributed by atoms with van der Waals surface area (Å²) in [5.74, 6) is -0.0162. The van der Waals surface area contributed by atoms with Crippen LogP contribution in [0.15, 0.2) is 24.4 Å². The van der Waals surface area contributed by atoms with Crippen molar-refractivity contribution < 1.29 is 23.8 Å². The Morgan fingerprint density at radius 1 is 1.36 bits per heavy atom. The SMILES string of the molecule is CC[C@H](NC(=O)O)[C@H](Nc1nc(Nc2ccnc(OCCOC)c2)c(C#N)cc1F)C1CC1. The highest BCUT2D eigenvalue weighted by atomic mass is 19.1. The molecule has 1 amide bonds. The molecule has 10 nitrogen and oxygen atoms in total. The maximum Gasteiger partial charge on any atom is 0.404 e. The van der Waals surface area contributed by atoms with Crippen molar-refractivity contribution in [1.29, 1.82) is 5.26 Å². The third kappa shape index (κ3) is 6.66. The van der Waals surface area contributed by atoms with Crippen LogP contribution in [0.25, 0.3) is 0 Å². The molecule has 1 aliphatic carbocycles. The van der Waals surface area contributed by atoms with Crippen molar-refractivity contribution in [2.45, 2.75) is 38.3 Å². The van der Waals surface area contributed by atoms with Crippen LogP contribution in [0.5, 0.6) is 5.88 Å². The number of nitrogens with one attached hydrogen (secondary N) is 3. The van der Waals surface area contributed by atoms with Gasteiger partial charge in [0.05, 0.1) is 24.3 Å². The molecule has 0 unspecified atom stereocenters. The molecule has 2 aromatic rings. The number of aromatic nitrogens is 2. The fourth-order valence-corrected chi connectivity index (χ4v) is 3.47. The number of nitrogens with zero attached hydrogens (tertiary/aromatic N) is 3. The Morgan fingerprint density at radius 2 is 2.15 bits per heavy atom. The van der Waals surface area contributed by atoms with E-state index in [4.69, 9.17) is 14.6 Å². The van der Waals surface area contributed by atoms with Crippen LogP contribution in [0, 0.1) is 23.1 Å². The largest absolute Gasteiger partial charge is 0.475 e. The van der Waals surface area contributed by atoms with Crippen molar-refractivity contribution >= 4 is 23.4 Å². The van der Waals surface area contributed by atoms with E-state index in [1.807, 2.05) is 13.0 Å². The van der Waals surface area contributed by atoms with Gasteiger partial charge < -0.3 is 30.5 Å². The number of carboxylic acid groups (broad SMARTS) is 1. The Bertz CT molecular complexity index is 1010. The zero-order chi connectivity index (χ0) is 23.8. The molecule has 33 heavy (non-hydrogen) atoms. The molecule has 0 saturated heterocycles. The minimum Gasteiger partial charge on any atom is -0.475 e. The van der Waals surface area contributed by atoms with Gasteiger partial charge in [-0.3, -0.25) is 0 Å². The third-order valence-corrected chi connectivity index (χ3v) is 5.25. The van der Waals surface area contributed by atoms with E-state index in [0.717, 1.165) is 18.9 Å². The standard InChI is InChI=1S/C22H27FN6O4/c1-3-17(27-22(30)31)19(13-4-5-13)28-21-16(23)10-14(12-24)20(29-21)26-15-6-7-25-18(11-15)33-9-8-32-2/h6-7,10-11,13,17,19,27H,3-5,8-9H2,1-2H3,(H,30,31)(H2,25,26,28,29)/t17-,19+/m0/s1. The first kappa shape index (κ1) is 24.0. The van der Waals surface area contributed by atoms with E-state index in [-0.39, 0.29) is 29.2 Å². The third-order valence-electron chi connectivity index (χ3n) is 5.25. The molecule has 3 rings (SSSR count). The van der Waals surface area contributed by atoms with E-state index in [1.54, 1.807) is 19.2 Å². The van der Waals surface area contributed by atoms with Gasteiger partial charge in [0.1, 0.15) is 12.7 Å². The highest BCUT2D eigenvalue weighted by Gasteiger charge is 2.37. The summed E-state index contributed by atoms with van der Waals surface area (Å²) in [5, 5.41) is 27.2. The second kappa shape index (κ2) is 11.3. The van der Waals surface area contributed by atoms with Crippen LogP contribution in [-0.2, 0) is 4.74 Å². The molecular weight excluding hydrogens is 431 g/mol. The lowest BCUT2D eigenvalue weighted by Gasteiger charge is -2.28. The first-order valence-corrected chi connectivity index (χ1v) is 10.7. The molecule has 0 radical (unpaired) electrons. The Morgan fingerprint density at radius 3 is 2.79 bits per heavy atom. The molecule has 0 spiro atoms. The van der Waals surface area contributed by atoms with E-state index in [2.05, 4.69) is 25.9 Å². The lowest BCUT2D eigenvalue weighted by Crippen LogP contribution is -2.47. The quantitative estimate of drug-likeness (QED) is 0.352. The Balaban J connectivity index is 1.83. The predicted octanol–water partition coefficient (Wildman–Crippen LogP) is 3.49. The highest BCUT2D eigenvalue weighted by molar-refractivity contribution is 5.66. The van der Waals surface area contributed by atoms with Gasteiger partial charge in [0.25, 0.3) is 0 Å². The number of rotatable bonds is 12. The van der Waals surface area contributed by atoms with E-state index in [9.17, 15) is 14.4 Å². The minimum atomic E-state index is -1.13. The normalized spacial score (nSPS) is 14.6. The number of methoxy groups -OCH3 is 1. The van der Waals surface area contributed by atoms with Gasteiger partial charge in [-0.2, -0.15) is 5.26 Å². The Labute approximate surface area is 191 Å². The summed E-state index contributed by atoms with van der Waals surface area (Å²) in [5.41, 5.74) is 0.576. The van der Waals surface area contributed by atoms with Crippen molar-refractivity contribution in [3.05, 3.63) is 35.8 Å². The zero-order valence-electron chi connectivity index (χ0n) is 18.5. The number of ether oxygens (including phenoxy) is 2. The summed E-state index contributed by atoms with van der Waals surface area (Å²) in [4.78, 5) is 19.6. The number of pyridine rings is 2. The number of anilines is 3. The van der Waals surface area contributed by atoms with E-state index < -0.39 is 18.0 Å². The Hall–Kier alpha value is -3.65. The van der Waals surface area contributed by atoms with Gasteiger partial charge in [0, 0.05) is 25.1 Å². The van der Waals surface area contributed by atoms with Gasteiger partial charge in [-0.25, -0.2) is 19.2 Å². The van der Waals surface area contributed by atoms with Gasteiger partial charge >= 0.3 is 6.09 Å². The highest BCUT2D eigenvalue weighted by Crippen LogP contribution is 2.37. The van der Waals surface area contributed by atoms with Crippen LogP contribution in [0.1, 0.15) is 31.7 Å². The molecular formula is C22H27FN6O4. The second-order valence-corrected chi connectivity index (χ2v) is 7.65. The van der Waals surface area contributed by atoms with Crippen molar-refractivity contribution in [3.63, 3.8) is 0 Å². The average Bonchev–Trinajstić information content (AvgIpc) is 3.63. The van der Waals surface area contributed by atoms with Crippen molar-refractivity contribution in [2.24, 2.45) is 5.92 Å². The summed E-state index contributed by atoms with van der Waals surface area (Å²) in [6.45, 7) is 2.60. The van der Waals surface area contributed by atoms with Crippen LogP contribution >= 0.6 is 0 Å². The molecule has 4 N–H and O–H groups in total. The number of halogens is 1. The molecule has 1 fully saturated rings. The number of carbonyl (C=O) groups is 1. The molecule has 11 heteroatoms. The fraction of sp³-hybridized carbons (Fsp3) is 0.455. The van der Waals surface area contributed by atoms with E-state index in [0.29, 0.717) is 31.2 Å². The summed E-state index contributed by atoms with van der Waals surface area (Å²) < 4.78 is 25.2. The topological polar surface area (TPSA) is 141 Å². The first-order valence-electron chi connectivity index (χ1n) is 10.7. The van der Waals surface area contributed by atoms with Crippen LogP contribution in [0.3, 0.4) is 0 Å². The predicted molar refractivity (Wildman–Crippen MR) is 119 cm³/mol. The molecule has 0 aromatic carbocycles. The lowest BCUT2D eigenvalue weighted by atomic mass is 10.0. The molecule has 0 bridgehead atoms. The first-order chi connectivity index (χ1) is 15.9. The molecule has 2 aromatic heterocycles. The van der Waals surface area contributed by atoms with Gasteiger partial charge in [-0.1, -0.05) is 6.92 Å². The van der Waals surface area contributed by atoms with Crippen molar-refractivity contribution in [3.8, 4) is 11.9 Å². The minimum absolute atomic E-state index is 0.0235. The molecule has 176 valence electrons. The average molecular weight is 458 g/mol. The van der Waals surface area contributed by atoms with Crippen LogP contribution in [0.2, 0.25) is 0 Å². The summed E-state index contributed by atoms with van der Waals surface area (Å²) in [7, 11) is 1.57. The summed E-state index contributed by atoms with van der Waals surface area (Å²) >= 11 is 0.